The molecule has 1 aliphatic carbocycles. The largest absolute Gasteiger partial charge is 0.313 e. The molecule has 0 radical (unpaired) electrons. The second kappa shape index (κ2) is 12.4. The second-order valence-electron chi connectivity index (χ2n) is 16.5. The summed E-state index contributed by atoms with van der Waals surface area (Å²) >= 11 is 0. The summed E-state index contributed by atoms with van der Waals surface area (Å²) in [4.78, 5) is 15.9. The maximum absolute atomic E-state index is 5.42. The van der Waals surface area contributed by atoms with E-state index in [0.717, 1.165) is 68.5 Å². The van der Waals surface area contributed by atoms with Gasteiger partial charge in [-0.3, -0.25) is 9.13 Å². The van der Waals surface area contributed by atoms with Gasteiger partial charge in [-0.1, -0.05) is 109 Å². The standard InChI is InChI=1S/C54H36N8/c1-58-49-32-55-53(61-43-25-13-10-22-37(43)41-30-47-40(31-48(41)61)36-21-9-12-24-42(36)60(47)34-18-6-3-7-19-34)56-52(49)57-54(58)62-44-26-14-8-20-35(44)38-28-29-46-50(51(38)62)39-23-11-15-27-45(39)59(46)33-16-4-2-5-17-33/h2-6,8-18,20-32H,7,19H2,1H3. The van der Waals surface area contributed by atoms with Crippen molar-refractivity contribution >= 4 is 104 Å². The van der Waals surface area contributed by atoms with Crippen LogP contribution in [0.25, 0.3) is 122 Å². The van der Waals surface area contributed by atoms with Gasteiger partial charge in [0, 0.05) is 61.5 Å². The molecular weight excluding hydrogens is 761 g/mol. The van der Waals surface area contributed by atoms with E-state index in [1.807, 2.05) is 6.20 Å². The number of hydrogen-bond donors (Lipinski definition) is 0. The van der Waals surface area contributed by atoms with E-state index in [-0.39, 0.29) is 0 Å². The Bertz CT molecular complexity index is 4110. The van der Waals surface area contributed by atoms with Gasteiger partial charge in [0.25, 0.3) is 0 Å². The van der Waals surface area contributed by atoms with Crippen molar-refractivity contribution < 1.29 is 0 Å². The van der Waals surface area contributed by atoms with Crippen LogP contribution in [0.2, 0.25) is 0 Å². The molecule has 0 fully saturated rings. The fraction of sp³-hybridized carbons (Fsp3) is 0.0556. The van der Waals surface area contributed by atoms with E-state index in [4.69, 9.17) is 15.0 Å². The van der Waals surface area contributed by atoms with Crippen molar-refractivity contribution in [3.8, 4) is 17.6 Å². The van der Waals surface area contributed by atoms with Crippen LogP contribution >= 0.6 is 0 Å². The molecule has 13 aromatic rings. The van der Waals surface area contributed by atoms with Gasteiger partial charge in [-0.05, 0) is 73.5 Å². The number of aromatic nitrogens is 8. The van der Waals surface area contributed by atoms with Crippen LogP contribution in [0.5, 0.6) is 0 Å². The molecule has 14 rings (SSSR count). The maximum atomic E-state index is 5.42. The van der Waals surface area contributed by atoms with E-state index in [2.05, 4.69) is 200 Å². The molecule has 0 atom stereocenters. The number of hydrogen-bond acceptors (Lipinski definition) is 3. The Morgan fingerprint density at radius 1 is 0.468 bits per heavy atom. The molecule has 62 heavy (non-hydrogen) atoms. The van der Waals surface area contributed by atoms with E-state index < -0.39 is 0 Å². The average molecular weight is 797 g/mol. The minimum atomic E-state index is 0.590. The van der Waals surface area contributed by atoms with E-state index in [9.17, 15) is 0 Å². The molecule has 0 aliphatic heterocycles. The smallest absolute Gasteiger partial charge is 0.236 e. The first-order valence-corrected chi connectivity index (χ1v) is 21.2. The molecule has 0 saturated heterocycles. The van der Waals surface area contributed by atoms with Gasteiger partial charge in [0.05, 0.1) is 50.3 Å². The third-order valence-corrected chi connectivity index (χ3v) is 13.2. The van der Waals surface area contributed by atoms with Crippen LogP contribution in [0.3, 0.4) is 0 Å². The minimum absolute atomic E-state index is 0.590. The molecule has 0 bridgehead atoms. The molecule has 0 amide bonds. The SMILES string of the molecule is Cn1c(-n2c3ccccc3c3ccc4c(c5ccccc5n4-c4ccccc4)c32)nc2nc(-n3c4ccccc4c4cc5c(cc43)c3ccccc3n5C3=CC=CCC3)ncc21. The lowest BCUT2D eigenvalue weighted by Gasteiger charge is -2.14. The van der Waals surface area contributed by atoms with E-state index in [0.29, 0.717) is 11.6 Å². The Morgan fingerprint density at radius 3 is 1.76 bits per heavy atom. The van der Waals surface area contributed by atoms with Crippen LogP contribution in [-0.2, 0) is 7.05 Å². The van der Waals surface area contributed by atoms with Crippen molar-refractivity contribution in [1.82, 2.24) is 37.8 Å². The predicted octanol–water partition coefficient (Wildman–Crippen LogP) is 13.0. The third kappa shape index (κ3) is 4.42. The molecule has 8 heteroatoms. The molecule has 0 N–H and O–H groups in total. The minimum Gasteiger partial charge on any atom is -0.313 e. The average Bonchev–Trinajstić information content (AvgIpc) is 4.11. The molecule has 1 aliphatic rings. The van der Waals surface area contributed by atoms with Gasteiger partial charge in [-0.2, -0.15) is 9.97 Å². The van der Waals surface area contributed by atoms with Crippen LogP contribution in [0.4, 0.5) is 0 Å². The lowest BCUT2D eigenvalue weighted by molar-refractivity contribution is 0.869. The summed E-state index contributed by atoms with van der Waals surface area (Å²) in [6.45, 7) is 0. The number of rotatable bonds is 4. The molecular formula is C54H36N8. The van der Waals surface area contributed by atoms with Crippen LogP contribution in [0.15, 0.2) is 176 Å². The summed E-state index contributed by atoms with van der Waals surface area (Å²) in [5.41, 5.74) is 13.0. The van der Waals surface area contributed by atoms with Gasteiger partial charge in [0.1, 0.15) is 5.52 Å². The molecule has 6 heterocycles. The zero-order valence-corrected chi connectivity index (χ0v) is 33.7. The Kier molecular flexibility index (Phi) is 6.72. The number of imidazole rings is 1. The molecule has 6 aromatic heterocycles. The summed E-state index contributed by atoms with van der Waals surface area (Å²) in [5, 5.41) is 9.50. The molecule has 8 nitrogen and oxygen atoms in total. The zero-order valence-electron chi connectivity index (χ0n) is 33.7. The predicted molar refractivity (Wildman–Crippen MR) is 255 cm³/mol. The van der Waals surface area contributed by atoms with Gasteiger partial charge in [0.15, 0.2) is 5.65 Å². The molecule has 0 spiro atoms. The zero-order chi connectivity index (χ0) is 40.6. The van der Waals surface area contributed by atoms with Gasteiger partial charge < -0.3 is 13.7 Å². The maximum Gasteiger partial charge on any atom is 0.236 e. The second-order valence-corrected chi connectivity index (χ2v) is 16.5. The Morgan fingerprint density at radius 2 is 1.06 bits per heavy atom. The topological polar surface area (TPSA) is 63.3 Å². The van der Waals surface area contributed by atoms with E-state index in [1.165, 1.54) is 54.4 Å². The van der Waals surface area contributed by atoms with Crippen molar-refractivity contribution in [2.24, 2.45) is 7.05 Å². The first-order valence-electron chi connectivity index (χ1n) is 21.2. The van der Waals surface area contributed by atoms with Crippen molar-refractivity contribution in [2.45, 2.75) is 12.8 Å². The number of allylic oxidation sites excluding steroid dienone is 4. The van der Waals surface area contributed by atoms with Crippen molar-refractivity contribution in [3.05, 3.63) is 176 Å². The molecule has 7 aromatic carbocycles. The Labute approximate surface area is 354 Å². The summed E-state index contributed by atoms with van der Waals surface area (Å²) in [5.74, 6) is 1.37. The van der Waals surface area contributed by atoms with Crippen LogP contribution in [0, 0.1) is 0 Å². The highest BCUT2D eigenvalue weighted by atomic mass is 15.3. The fourth-order valence-corrected chi connectivity index (χ4v) is 10.6. The van der Waals surface area contributed by atoms with Gasteiger partial charge in [-0.15, -0.1) is 0 Å². The molecule has 0 unspecified atom stereocenters. The Balaban J connectivity index is 1.03. The van der Waals surface area contributed by atoms with Crippen LogP contribution in [0.1, 0.15) is 12.8 Å². The lowest BCUT2D eigenvalue weighted by Crippen LogP contribution is -2.03. The number of aryl methyl sites for hydroxylation is 1. The summed E-state index contributed by atoms with van der Waals surface area (Å²) < 4.78 is 11.5. The Hall–Kier alpha value is -8.23. The first-order chi connectivity index (χ1) is 30.7. The molecule has 292 valence electrons. The highest BCUT2D eigenvalue weighted by Crippen LogP contribution is 2.43. The first kappa shape index (κ1) is 33.6. The normalized spacial score (nSPS) is 13.5. The molecule has 0 saturated carbocycles. The summed E-state index contributed by atoms with van der Waals surface area (Å²) in [6, 6.07) is 54.6. The van der Waals surface area contributed by atoms with Gasteiger partial charge >= 0.3 is 0 Å². The third-order valence-electron chi connectivity index (χ3n) is 13.2. The highest BCUT2D eigenvalue weighted by Gasteiger charge is 2.25. The van der Waals surface area contributed by atoms with Crippen molar-refractivity contribution in [3.63, 3.8) is 0 Å². The monoisotopic (exact) mass is 796 g/mol. The van der Waals surface area contributed by atoms with Crippen LogP contribution < -0.4 is 0 Å². The highest BCUT2D eigenvalue weighted by molar-refractivity contribution is 6.26. The number of benzene rings is 7. The van der Waals surface area contributed by atoms with E-state index >= 15 is 0 Å². The van der Waals surface area contributed by atoms with Crippen molar-refractivity contribution in [2.75, 3.05) is 0 Å². The summed E-state index contributed by atoms with van der Waals surface area (Å²) in [7, 11) is 2.08. The van der Waals surface area contributed by atoms with E-state index in [1.54, 1.807) is 0 Å². The lowest BCUT2D eigenvalue weighted by atomic mass is 10.1. The fourth-order valence-electron chi connectivity index (χ4n) is 10.6. The summed E-state index contributed by atoms with van der Waals surface area (Å²) in [6.07, 6.45) is 10.7. The number of nitrogens with zero attached hydrogens (tertiary/aromatic N) is 8. The number of para-hydroxylation sites is 5. The van der Waals surface area contributed by atoms with Crippen molar-refractivity contribution in [1.29, 1.82) is 0 Å². The van der Waals surface area contributed by atoms with Crippen LogP contribution in [-0.4, -0.2) is 37.8 Å². The number of fused-ring (bicyclic) bond motifs is 14. The van der Waals surface area contributed by atoms with Gasteiger partial charge in [0.2, 0.25) is 11.9 Å². The quantitative estimate of drug-likeness (QED) is 0.178. The van der Waals surface area contributed by atoms with Gasteiger partial charge in [-0.25, -0.2) is 4.98 Å².